The molecule has 0 radical (unpaired) electrons. The fourth-order valence-electron chi connectivity index (χ4n) is 1.49. The van der Waals surface area contributed by atoms with Crippen molar-refractivity contribution in [3.63, 3.8) is 0 Å². The lowest BCUT2D eigenvalue weighted by Gasteiger charge is -2.36. The van der Waals surface area contributed by atoms with Crippen LogP contribution in [0.4, 0.5) is 0 Å². The number of hydrogen-bond donors (Lipinski definition) is 2. The summed E-state index contributed by atoms with van der Waals surface area (Å²) in [5, 5.41) is 10.1. The summed E-state index contributed by atoms with van der Waals surface area (Å²) in [4.78, 5) is 0. The second-order valence-corrected chi connectivity index (χ2v) is 4.63. The number of ether oxygens (including phenoxy) is 1. The van der Waals surface area contributed by atoms with Gasteiger partial charge in [0.25, 0.3) is 0 Å². The molecular formula is C9H19NO2S. The zero-order chi connectivity index (χ0) is 9.73. The molecule has 0 aromatic carbocycles. The Hall–Kier alpha value is 0.230. The topological polar surface area (TPSA) is 55.5 Å². The van der Waals surface area contributed by atoms with Crippen LogP contribution in [0.5, 0.6) is 0 Å². The van der Waals surface area contributed by atoms with Crippen molar-refractivity contribution in [3.05, 3.63) is 0 Å². The third-order valence-corrected chi connectivity index (χ3v) is 3.72. The molecule has 3 N–H and O–H groups in total. The smallest absolute Gasteiger partial charge is 0.0910 e. The van der Waals surface area contributed by atoms with Crippen LogP contribution in [-0.2, 0) is 4.74 Å². The van der Waals surface area contributed by atoms with Gasteiger partial charge >= 0.3 is 0 Å². The molecule has 1 heterocycles. The SMILES string of the molecule is CCOCC(N)C1(O)CCCSC1. The molecule has 78 valence electrons. The molecule has 0 bridgehead atoms. The minimum atomic E-state index is -0.696. The molecule has 0 aromatic heterocycles. The fraction of sp³-hybridized carbons (Fsp3) is 1.00. The van der Waals surface area contributed by atoms with Crippen LogP contribution in [0.1, 0.15) is 19.8 Å². The van der Waals surface area contributed by atoms with Gasteiger partial charge in [-0.1, -0.05) is 0 Å². The average molecular weight is 205 g/mol. The summed E-state index contributed by atoms with van der Waals surface area (Å²) in [5.41, 5.74) is 5.18. The maximum Gasteiger partial charge on any atom is 0.0910 e. The first kappa shape index (κ1) is 11.3. The van der Waals surface area contributed by atoms with Crippen LogP contribution in [0.3, 0.4) is 0 Å². The minimum absolute atomic E-state index is 0.236. The summed E-state index contributed by atoms with van der Waals surface area (Å²) in [5.74, 6) is 1.89. The van der Waals surface area contributed by atoms with Gasteiger partial charge in [0.05, 0.1) is 18.2 Å². The van der Waals surface area contributed by atoms with Crippen LogP contribution in [0.25, 0.3) is 0 Å². The lowest BCUT2D eigenvalue weighted by Crippen LogP contribution is -2.53. The van der Waals surface area contributed by atoms with Gasteiger partial charge in [-0.2, -0.15) is 11.8 Å². The molecule has 2 atom stereocenters. The summed E-state index contributed by atoms with van der Waals surface area (Å²) in [6, 6.07) is -0.236. The van der Waals surface area contributed by atoms with Gasteiger partial charge in [-0.15, -0.1) is 0 Å². The van der Waals surface area contributed by atoms with Crippen molar-refractivity contribution in [3.8, 4) is 0 Å². The normalized spacial score (nSPS) is 31.6. The van der Waals surface area contributed by atoms with E-state index in [9.17, 15) is 5.11 Å². The van der Waals surface area contributed by atoms with Gasteiger partial charge in [0, 0.05) is 12.4 Å². The van der Waals surface area contributed by atoms with Crippen molar-refractivity contribution in [2.45, 2.75) is 31.4 Å². The molecule has 0 saturated carbocycles. The van der Waals surface area contributed by atoms with Gasteiger partial charge in [0.2, 0.25) is 0 Å². The highest BCUT2D eigenvalue weighted by Gasteiger charge is 2.35. The van der Waals surface area contributed by atoms with Crippen molar-refractivity contribution in [2.75, 3.05) is 24.7 Å². The number of aliphatic hydroxyl groups is 1. The third kappa shape index (κ3) is 3.13. The Labute approximate surface area is 84.0 Å². The van der Waals surface area contributed by atoms with Gasteiger partial charge in [-0.25, -0.2) is 0 Å². The molecule has 1 aliphatic heterocycles. The molecule has 1 saturated heterocycles. The Morgan fingerprint density at radius 2 is 2.46 bits per heavy atom. The summed E-state index contributed by atoms with van der Waals surface area (Å²) < 4.78 is 5.22. The Morgan fingerprint density at radius 1 is 1.69 bits per heavy atom. The lowest BCUT2D eigenvalue weighted by molar-refractivity contribution is -0.00801. The van der Waals surface area contributed by atoms with Crippen molar-refractivity contribution in [1.29, 1.82) is 0 Å². The molecule has 0 aromatic rings. The Morgan fingerprint density at radius 3 is 3.00 bits per heavy atom. The van der Waals surface area contributed by atoms with Crippen LogP contribution < -0.4 is 5.73 Å². The summed E-state index contributed by atoms with van der Waals surface area (Å²) in [6.07, 6.45) is 1.87. The van der Waals surface area contributed by atoms with Crippen molar-refractivity contribution in [2.24, 2.45) is 5.73 Å². The molecule has 3 nitrogen and oxygen atoms in total. The largest absolute Gasteiger partial charge is 0.387 e. The van der Waals surface area contributed by atoms with Crippen LogP contribution in [-0.4, -0.2) is 41.5 Å². The Bertz CT molecular complexity index is 149. The molecule has 0 spiro atoms. The molecule has 1 rings (SSSR count). The number of hydrogen-bond acceptors (Lipinski definition) is 4. The first-order valence-electron chi connectivity index (χ1n) is 4.82. The molecule has 0 aliphatic carbocycles. The zero-order valence-corrected chi connectivity index (χ0v) is 8.98. The monoisotopic (exact) mass is 205 g/mol. The lowest BCUT2D eigenvalue weighted by atomic mass is 9.92. The highest BCUT2D eigenvalue weighted by atomic mass is 32.2. The predicted molar refractivity (Wildman–Crippen MR) is 56.0 cm³/mol. The third-order valence-electron chi connectivity index (χ3n) is 2.44. The highest BCUT2D eigenvalue weighted by molar-refractivity contribution is 7.99. The van der Waals surface area contributed by atoms with Gasteiger partial charge in [0.1, 0.15) is 0 Å². The maximum absolute atomic E-state index is 10.1. The fourth-order valence-corrected chi connectivity index (χ4v) is 2.70. The first-order chi connectivity index (χ1) is 6.19. The van der Waals surface area contributed by atoms with Gasteiger partial charge in [-0.05, 0) is 25.5 Å². The van der Waals surface area contributed by atoms with Crippen LogP contribution in [0, 0.1) is 0 Å². The van der Waals surface area contributed by atoms with Gasteiger partial charge in [0.15, 0.2) is 0 Å². The van der Waals surface area contributed by atoms with Crippen molar-refractivity contribution >= 4 is 11.8 Å². The van der Waals surface area contributed by atoms with E-state index in [0.717, 1.165) is 24.3 Å². The van der Waals surface area contributed by atoms with Crippen LogP contribution in [0.15, 0.2) is 0 Å². The second kappa shape index (κ2) is 5.20. The molecule has 1 aliphatic rings. The van der Waals surface area contributed by atoms with E-state index < -0.39 is 5.60 Å². The van der Waals surface area contributed by atoms with E-state index in [1.165, 1.54) is 0 Å². The Balaban J connectivity index is 2.37. The molecule has 0 amide bonds. The van der Waals surface area contributed by atoms with Gasteiger partial charge < -0.3 is 15.6 Å². The van der Waals surface area contributed by atoms with E-state index in [1.54, 1.807) is 11.8 Å². The van der Waals surface area contributed by atoms with E-state index in [0.29, 0.717) is 13.2 Å². The molecule has 4 heteroatoms. The molecule has 13 heavy (non-hydrogen) atoms. The van der Waals surface area contributed by atoms with Crippen molar-refractivity contribution < 1.29 is 9.84 Å². The van der Waals surface area contributed by atoms with Crippen LogP contribution in [0.2, 0.25) is 0 Å². The maximum atomic E-state index is 10.1. The first-order valence-corrected chi connectivity index (χ1v) is 5.98. The average Bonchev–Trinajstić information content (AvgIpc) is 2.15. The predicted octanol–water partition coefficient (Wildman–Crippen LogP) is 0.608. The molecule has 1 fully saturated rings. The van der Waals surface area contributed by atoms with E-state index >= 15 is 0 Å². The van der Waals surface area contributed by atoms with E-state index in [1.807, 2.05) is 6.92 Å². The van der Waals surface area contributed by atoms with E-state index in [4.69, 9.17) is 10.5 Å². The minimum Gasteiger partial charge on any atom is -0.387 e. The highest BCUT2D eigenvalue weighted by Crippen LogP contribution is 2.28. The standard InChI is InChI=1S/C9H19NO2S/c1-2-12-6-8(10)9(11)4-3-5-13-7-9/h8,11H,2-7,10H2,1H3. The van der Waals surface area contributed by atoms with E-state index in [2.05, 4.69) is 0 Å². The Kier molecular flexibility index (Phi) is 4.52. The molecule has 2 unspecified atom stereocenters. The van der Waals surface area contributed by atoms with Crippen molar-refractivity contribution in [1.82, 2.24) is 0 Å². The number of rotatable bonds is 4. The quantitative estimate of drug-likeness (QED) is 0.706. The van der Waals surface area contributed by atoms with E-state index in [-0.39, 0.29) is 6.04 Å². The second-order valence-electron chi connectivity index (χ2n) is 3.53. The number of thioether (sulfide) groups is 1. The van der Waals surface area contributed by atoms with Crippen LogP contribution >= 0.6 is 11.8 Å². The van der Waals surface area contributed by atoms with Gasteiger partial charge in [-0.3, -0.25) is 0 Å². The summed E-state index contributed by atoms with van der Waals surface area (Å²) in [6.45, 7) is 3.07. The summed E-state index contributed by atoms with van der Waals surface area (Å²) >= 11 is 1.78. The molecular weight excluding hydrogens is 186 g/mol. The summed E-state index contributed by atoms with van der Waals surface area (Å²) in [7, 11) is 0. The zero-order valence-electron chi connectivity index (χ0n) is 8.16. The number of nitrogens with two attached hydrogens (primary N) is 1.